The summed E-state index contributed by atoms with van der Waals surface area (Å²) in [5.41, 5.74) is 3.19. The van der Waals surface area contributed by atoms with Gasteiger partial charge in [-0.1, -0.05) is 26.0 Å². The van der Waals surface area contributed by atoms with Gasteiger partial charge in [0.1, 0.15) is 11.9 Å². The van der Waals surface area contributed by atoms with Gasteiger partial charge >= 0.3 is 0 Å². The Hall–Kier alpha value is -2.73. The summed E-state index contributed by atoms with van der Waals surface area (Å²) in [4.78, 5) is 26.9. The minimum Gasteiger partial charge on any atom is -0.383 e. The summed E-state index contributed by atoms with van der Waals surface area (Å²) in [6, 6.07) is 11.3. The van der Waals surface area contributed by atoms with E-state index in [1.54, 1.807) is 4.90 Å². The number of halogens is 1. The molecule has 29 heavy (non-hydrogen) atoms. The predicted octanol–water partition coefficient (Wildman–Crippen LogP) is 3.86. The van der Waals surface area contributed by atoms with Crippen molar-refractivity contribution in [2.45, 2.75) is 45.6 Å². The van der Waals surface area contributed by atoms with E-state index in [4.69, 9.17) is 0 Å². The zero-order chi connectivity index (χ0) is 21.1. The van der Waals surface area contributed by atoms with Crippen LogP contribution in [0, 0.1) is 11.7 Å². The van der Waals surface area contributed by atoms with E-state index in [0.717, 1.165) is 29.7 Å². The summed E-state index contributed by atoms with van der Waals surface area (Å²) >= 11 is 0. The highest BCUT2D eigenvalue weighted by Crippen LogP contribution is 2.31. The van der Waals surface area contributed by atoms with Gasteiger partial charge in [-0.25, -0.2) is 4.39 Å². The number of nitrogens with zero attached hydrogens (tertiary/aromatic N) is 1. The van der Waals surface area contributed by atoms with E-state index in [9.17, 15) is 19.1 Å². The van der Waals surface area contributed by atoms with Crippen molar-refractivity contribution in [2.75, 3.05) is 16.8 Å². The third kappa shape index (κ3) is 4.65. The van der Waals surface area contributed by atoms with Gasteiger partial charge in [0.2, 0.25) is 5.91 Å². The van der Waals surface area contributed by atoms with E-state index in [-0.39, 0.29) is 23.5 Å². The van der Waals surface area contributed by atoms with Crippen molar-refractivity contribution < 1.29 is 19.1 Å². The van der Waals surface area contributed by atoms with Crippen molar-refractivity contribution in [1.29, 1.82) is 0 Å². The smallest absolute Gasteiger partial charge is 0.256 e. The first-order valence-electron chi connectivity index (χ1n) is 9.96. The Morgan fingerprint density at radius 2 is 1.79 bits per heavy atom. The van der Waals surface area contributed by atoms with Gasteiger partial charge in [-0.05, 0) is 67.1 Å². The minimum atomic E-state index is -1.03. The molecule has 0 saturated heterocycles. The fourth-order valence-electron chi connectivity index (χ4n) is 3.50. The van der Waals surface area contributed by atoms with Crippen molar-refractivity contribution in [3.05, 3.63) is 59.4 Å². The van der Waals surface area contributed by atoms with Crippen LogP contribution in [0.4, 0.5) is 15.8 Å². The number of fused-ring (bicyclic) bond motifs is 1. The molecule has 2 amide bonds. The quantitative estimate of drug-likeness (QED) is 0.803. The summed E-state index contributed by atoms with van der Waals surface area (Å²) in [6.45, 7) is 6.03. The van der Waals surface area contributed by atoms with Crippen molar-refractivity contribution in [2.24, 2.45) is 5.92 Å². The van der Waals surface area contributed by atoms with Crippen LogP contribution >= 0.6 is 0 Å². The number of amides is 2. The average molecular weight is 398 g/mol. The van der Waals surface area contributed by atoms with Crippen LogP contribution in [0.2, 0.25) is 0 Å². The van der Waals surface area contributed by atoms with Gasteiger partial charge in [0.15, 0.2) is 0 Å². The molecule has 2 aromatic carbocycles. The van der Waals surface area contributed by atoms with E-state index in [1.807, 2.05) is 39.0 Å². The number of aliphatic hydroxyl groups is 1. The summed E-state index contributed by atoms with van der Waals surface area (Å²) in [5, 5.41) is 13.0. The van der Waals surface area contributed by atoms with Gasteiger partial charge in [0.05, 0.1) is 5.92 Å². The van der Waals surface area contributed by atoms with E-state index in [0.29, 0.717) is 12.2 Å². The lowest BCUT2D eigenvalue weighted by molar-refractivity contribution is -0.128. The van der Waals surface area contributed by atoms with Crippen molar-refractivity contribution in [3.63, 3.8) is 0 Å². The number of aliphatic hydroxyl groups excluding tert-OH is 1. The minimum absolute atomic E-state index is 0.151. The molecule has 3 rings (SSSR count). The average Bonchev–Trinajstić information content (AvgIpc) is 2.72. The lowest BCUT2D eigenvalue weighted by atomic mass is 9.92. The molecule has 0 fully saturated rings. The number of aryl methyl sites for hydroxylation is 1. The molecule has 0 bridgehead atoms. The van der Waals surface area contributed by atoms with Crippen molar-refractivity contribution in [1.82, 2.24) is 0 Å². The molecule has 0 spiro atoms. The Morgan fingerprint density at radius 3 is 2.45 bits per heavy atom. The van der Waals surface area contributed by atoms with Crippen LogP contribution in [-0.2, 0) is 16.0 Å². The van der Waals surface area contributed by atoms with Crippen LogP contribution in [0.1, 0.15) is 44.2 Å². The second kappa shape index (κ2) is 8.74. The zero-order valence-corrected chi connectivity index (χ0v) is 17.0. The molecular formula is C23H27FN2O3. The van der Waals surface area contributed by atoms with Gasteiger partial charge < -0.3 is 15.3 Å². The molecule has 1 aliphatic heterocycles. The molecule has 0 radical (unpaired) electrons. The first-order chi connectivity index (χ1) is 13.8. The molecule has 2 aromatic rings. The molecule has 2 atom stereocenters. The van der Waals surface area contributed by atoms with Crippen LogP contribution in [0.3, 0.4) is 0 Å². The molecule has 2 N–H and O–H groups in total. The predicted molar refractivity (Wildman–Crippen MR) is 111 cm³/mol. The molecule has 1 aliphatic rings. The molecular weight excluding hydrogens is 371 g/mol. The topological polar surface area (TPSA) is 69.6 Å². The third-order valence-electron chi connectivity index (χ3n) is 5.38. The van der Waals surface area contributed by atoms with Gasteiger partial charge in [-0.15, -0.1) is 0 Å². The molecule has 1 heterocycles. The molecule has 0 aliphatic carbocycles. The maximum absolute atomic E-state index is 13.0. The van der Waals surface area contributed by atoms with Crippen LogP contribution in [-0.4, -0.2) is 29.6 Å². The highest BCUT2D eigenvalue weighted by atomic mass is 19.1. The largest absolute Gasteiger partial charge is 0.383 e. The molecule has 2 unspecified atom stereocenters. The number of carbonyl (C=O) groups is 2. The second-order valence-electron chi connectivity index (χ2n) is 7.89. The number of hydrogen-bond donors (Lipinski definition) is 2. The van der Waals surface area contributed by atoms with Crippen LogP contribution in [0.25, 0.3) is 0 Å². The Kier molecular flexibility index (Phi) is 6.33. The van der Waals surface area contributed by atoms with Gasteiger partial charge in [0.25, 0.3) is 5.91 Å². The van der Waals surface area contributed by atoms with Gasteiger partial charge in [-0.2, -0.15) is 0 Å². The number of nitrogens with one attached hydrogen (secondary N) is 1. The lowest BCUT2D eigenvalue weighted by Gasteiger charge is -2.32. The van der Waals surface area contributed by atoms with E-state index in [1.165, 1.54) is 24.3 Å². The normalized spacial score (nSPS) is 15.6. The van der Waals surface area contributed by atoms with E-state index < -0.39 is 12.0 Å². The first kappa shape index (κ1) is 21.0. The maximum Gasteiger partial charge on any atom is 0.256 e. The fraction of sp³-hybridized carbons (Fsp3) is 0.391. The first-order valence-corrected chi connectivity index (χ1v) is 9.96. The second-order valence-corrected chi connectivity index (χ2v) is 7.89. The van der Waals surface area contributed by atoms with Gasteiger partial charge in [-0.3, -0.25) is 9.59 Å². The van der Waals surface area contributed by atoms with Crippen LogP contribution in [0.5, 0.6) is 0 Å². The Bertz CT molecular complexity index is 895. The van der Waals surface area contributed by atoms with Crippen LogP contribution < -0.4 is 10.2 Å². The number of carbonyl (C=O) groups excluding carboxylic acids is 2. The lowest BCUT2D eigenvalue weighted by Crippen LogP contribution is -2.44. The Morgan fingerprint density at radius 1 is 1.10 bits per heavy atom. The summed E-state index contributed by atoms with van der Waals surface area (Å²) < 4.78 is 13.0. The van der Waals surface area contributed by atoms with Crippen molar-refractivity contribution >= 4 is 23.2 Å². The summed E-state index contributed by atoms with van der Waals surface area (Å²) in [5.74, 6) is -1.38. The van der Waals surface area contributed by atoms with Gasteiger partial charge in [0, 0.05) is 17.9 Å². The Balaban J connectivity index is 1.77. The molecule has 0 saturated carbocycles. The van der Waals surface area contributed by atoms with Crippen molar-refractivity contribution in [3.8, 4) is 0 Å². The zero-order valence-electron chi connectivity index (χ0n) is 17.0. The number of rotatable bonds is 5. The third-order valence-corrected chi connectivity index (χ3v) is 5.38. The number of hydrogen-bond acceptors (Lipinski definition) is 3. The standard InChI is InChI=1S/C23H27FN2O3/c1-14(2)21(27)23(29)26-12-4-5-17-13-16(6-11-20(17)26)15(3)22(28)25-19-9-7-18(24)8-10-19/h6-11,13-15,21,27H,4-5,12H2,1-3H3,(H,25,28). The summed E-state index contributed by atoms with van der Waals surface area (Å²) in [6.07, 6.45) is 0.598. The SMILES string of the molecule is CC(C(=O)Nc1ccc(F)cc1)c1ccc2c(c1)CCCN2C(=O)C(O)C(C)C. The van der Waals surface area contributed by atoms with E-state index in [2.05, 4.69) is 5.32 Å². The highest BCUT2D eigenvalue weighted by molar-refractivity contribution is 5.98. The summed E-state index contributed by atoms with van der Waals surface area (Å²) in [7, 11) is 0. The van der Waals surface area contributed by atoms with Crippen LogP contribution in [0.15, 0.2) is 42.5 Å². The maximum atomic E-state index is 13.0. The highest BCUT2D eigenvalue weighted by Gasteiger charge is 2.29. The molecule has 5 nitrogen and oxygen atoms in total. The number of anilines is 2. The molecule has 6 heteroatoms. The van der Waals surface area contributed by atoms with E-state index >= 15 is 0 Å². The fourth-order valence-corrected chi connectivity index (χ4v) is 3.50. The number of benzene rings is 2. The molecule has 154 valence electrons. The molecule has 0 aromatic heterocycles. The Labute approximate surface area is 170 Å². The monoisotopic (exact) mass is 398 g/mol.